The quantitative estimate of drug-likeness (QED) is 0.761. The van der Waals surface area contributed by atoms with E-state index in [0.717, 1.165) is 16.9 Å². The van der Waals surface area contributed by atoms with Gasteiger partial charge in [-0.1, -0.05) is 18.2 Å². The number of aromatic nitrogens is 2. The summed E-state index contributed by atoms with van der Waals surface area (Å²) in [6.45, 7) is 1.06. The molecule has 3 aromatic rings. The Hall–Kier alpha value is -2.66. The molecule has 0 unspecified atom stereocenters. The first-order chi connectivity index (χ1) is 11.3. The molecular weight excluding hydrogens is 290 g/mol. The van der Waals surface area contributed by atoms with E-state index < -0.39 is 0 Å². The van der Waals surface area contributed by atoms with E-state index in [0.29, 0.717) is 25.1 Å². The minimum absolute atomic E-state index is 0.0771. The van der Waals surface area contributed by atoms with Crippen LogP contribution in [0.5, 0.6) is 0 Å². The number of imidazole rings is 1. The van der Waals surface area contributed by atoms with Gasteiger partial charge in [-0.2, -0.15) is 0 Å². The number of nitrogens with one attached hydrogen (secondary N) is 1. The molecule has 2 heterocycles. The topological polar surface area (TPSA) is 55.6 Å². The first-order valence-corrected chi connectivity index (χ1v) is 7.55. The second-order valence-corrected chi connectivity index (χ2v) is 5.34. The zero-order chi connectivity index (χ0) is 16.1. The summed E-state index contributed by atoms with van der Waals surface area (Å²) in [5.74, 6) is -0.0771. The van der Waals surface area contributed by atoms with Gasteiger partial charge in [0.25, 0.3) is 5.91 Å². The zero-order valence-electron chi connectivity index (χ0n) is 13.0. The molecule has 3 rings (SSSR count). The molecule has 0 radical (unpaired) electrons. The Bertz CT molecular complexity index is 778. The lowest BCUT2D eigenvalue weighted by atomic mass is 10.1. The summed E-state index contributed by atoms with van der Waals surface area (Å²) in [6, 6.07) is 13.4. The predicted octanol–water partition coefficient (Wildman–Crippen LogP) is 2.45. The highest BCUT2D eigenvalue weighted by molar-refractivity contribution is 5.94. The van der Waals surface area contributed by atoms with Crippen LogP contribution in [0.2, 0.25) is 0 Å². The van der Waals surface area contributed by atoms with Crippen LogP contribution >= 0.6 is 0 Å². The number of benzene rings is 1. The Kier molecular flexibility index (Phi) is 4.68. The molecule has 0 saturated heterocycles. The molecule has 5 heteroatoms. The highest BCUT2D eigenvalue weighted by atomic mass is 16.5. The summed E-state index contributed by atoms with van der Waals surface area (Å²) in [5, 5.41) is 2.93. The van der Waals surface area contributed by atoms with Crippen molar-refractivity contribution in [3.05, 3.63) is 71.7 Å². The van der Waals surface area contributed by atoms with E-state index in [1.807, 2.05) is 53.2 Å². The van der Waals surface area contributed by atoms with Crippen molar-refractivity contribution in [2.45, 2.75) is 13.0 Å². The Morgan fingerprint density at radius 1 is 1.26 bits per heavy atom. The molecule has 0 aliphatic rings. The predicted molar refractivity (Wildman–Crippen MR) is 88.4 cm³/mol. The van der Waals surface area contributed by atoms with Gasteiger partial charge < -0.3 is 14.5 Å². The fourth-order valence-corrected chi connectivity index (χ4v) is 2.48. The van der Waals surface area contributed by atoms with E-state index >= 15 is 0 Å². The van der Waals surface area contributed by atoms with Crippen molar-refractivity contribution < 1.29 is 9.53 Å². The molecule has 118 valence electrons. The maximum Gasteiger partial charge on any atom is 0.251 e. The summed E-state index contributed by atoms with van der Waals surface area (Å²) < 4.78 is 7.07. The molecular formula is C18H19N3O2. The van der Waals surface area contributed by atoms with Crippen molar-refractivity contribution in [2.75, 3.05) is 13.7 Å². The number of nitrogens with zero attached hydrogens (tertiary/aromatic N) is 2. The molecule has 2 aromatic heterocycles. The van der Waals surface area contributed by atoms with Gasteiger partial charge in [-0.3, -0.25) is 4.79 Å². The number of fused-ring (bicyclic) bond motifs is 1. The van der Waals surface area contributed by atoms with Gasteiger partial charge in [0.15, 0.2) is 0 Å². The van der Waals surface area contributed by atoms with Gasteiger partial charge in [0.2, 0.25) is 0 Å². The molecule has 0 aliphatic carbocycles. The molecule has 0 atom stereocenters. The van der Waals surface area contributed by atoms with Crippen LogP contribution in [0.15, 0.2) is 54.9 Å². The number of pyridine rings is 1. The van der Waals surface area contributed by atoms with Crippen LogP contribution in [-0.2, 0) is 17.8 Å². The number of amides is 1. The van der Waals surface area contributed by atoms with Crippen molar-refractivity contribution in [3.63, 3.8) is 0 Å². The SMILES string of the molecule is COCc1cccc(C(=O)NCCc2cn3ccccc3n2)c1. The number of methoxy groups -OCH3 is 1. The maximum atomic E-state index is 12.2. The number of carbonyl (C=O) groups is 1. The van der Waals surface area contributed by atoms with Crippen LogP contribution in [0.25, 0.3) is 5.65 Å². The van der Waals surface area contributed by atoms with Crippen molar-refractivity contribution in [3.8, 4) is 0 Å². The Balaban J connectivity index is 1.57. The van der Waals surface area contributed by atoms with Crippen LogP contribution < -0.4 is 5.32 Å². The Morgan fingerprint density at radius 2 is 2.17 bits per heavy atom. The second kappa shape index (κ2) is 7.07. The van der Waals surface area contributed by atoms with Crippen LogP contribution in [0.4, 0.5) is 0 Å². The molecule has 0 spiro atoms. The summed E-state index contributed by atoms with van der Waals surface area (Å²) in [4.78, 5) is 16.7. The molecule has 1 N–H and O–H groups in total. The van der Waals surface area contributed by atoms with Gasteiger partial charge >= 0.3 is 0 Å². The van der Waals surface area contributed by atoms with Crippen molar-refractivity contribution >= 4 is 11.6 Å². The van der Waals surface area contributed by atoms with Gasteiger partial charge in [0.05, 0.1) is 12.3 Å². The number of carbonyl (C=O) groups excluding carboxylic acids is 1. The van der Waals surface area contributed by atoms with E-state index in [1.165, 1.54) is 0 Å². The second-order valence-electron chi connectivity index (χ2n) is 5.34. The molecule has 0 aliphatic heterocycles. The third kappa shape index (κ3) is 3.76. The van der Waals surface area contributed by atoms with Crippen LogP contribution in [-0.4, -0.2) is 28.9 Å². The molecule has 1 aromatic carbocycles. The van der Waals surface area contributed by atoms with Crippen LogP contribution in [0, 0.1) is 0 Å². The number of ether oxygens (including phenoxy) is 1. The molecule has 0 saturated carbocycles. The minimum atomic E-state index is -0.0771. The van der Waals surface area contributed by atoms with E-state index in [1.54, 1.807) is 13.2 Å². The van der Waals surface area contributed by atoms with Gasteiger partial charge in [-0.25, -0.2) is 4.98 Å². The summed E-state index contributed by atoms with van der Waals surface area (Å²) in [7, 11) is 1.64. The number of hydrogen-bond acceptors (Lipinski definition) is 3. The summed E-state index contributed by atoms with van der Waals surface area (Å²) >= 11 is 0. The van der Waals surface area contributed by atoms with Gasteiger partial charge in [-0.15, -0.1) is 0 Å². The highest BCUT2D eigenvalue weighted by Gasteiger charge is 2.07. The fraction of sp³-hybridized carbons (Fsp3) is 0.222. The molecule has 1 amide bonds. The number of hydrogen-bond donors (Lipinski definition) is 1. The third-order valence-corrected chi connectivity index (χ3v) is 3.58. The lowest BCUT2D eigenvalue weighted by Gasteiger charge is -2.06. The van der Waals surface area contributed by atoms with E-state index in [4.69, 9.17) is 4.74 Å². The minimum Gasteiger partial charge on any atom is -0.380 e. The van der Waals surface area contributed by atoms with E-state index in [9.17, 15) is 4.79 Å². The smallest absolute Gasteiger partial charge is 0.251 e. The van der Waals surface area contributed by atoms with Crippen molar-refractivity contribution in [1.29, 1.82) is 0 Å². The normalized spacial score (nSPS) is 10.8. The van der Waals surface area contributed by atoms with Gasteiger partial charge in [0, 0.05) is 38.0 Å². The van der Waals surface area contributed by atoms with Crippen LogP contribution in [0.3, 0.4) is 0 Å². The third-order valence-electron chi connectivity index (χ3n) is 3.58. The van der Waals surface area contributed by atoms with E-state index in [2.05, 4.69) is 10.3 Å². The highest BCUT2D eigenvalue weighted by Crippen LogP contribution is 2.07. The van der Waals surface area contributed by atoms with Crippen molar-refractivity contribution in [2.24, 2.45) is 0 Å². The standard InChI is InChI=1S/C18H19N3O2/c1-23-13-14-5-4-6-15(11-14)18(22)19-9-8-16-12-21-10-3-2-7-17(21)20-16/h2-7,10-12H,8-9,13H2,1H3,(H,19,22). The van der Waals surface area contributed by atoms with Crippen LogP contribution in [0.1, 0.15) is 21.6 Å². The molecule has 5 nitrogen and oxygen atoms in total. The van der Waals surface area contributed by atoms with Gasteiger partial charge in [0.1, 0.15) is 5.65 Å². The maximum absolute atomic E-state index is 12.2. The summed E-state index contributed by atoms with van der Waals surface area (Å²) in [6.07, 6.45) is 4.65. The largest absolute Gasteiger partial charge is 0.380 e. The molecule has 0 bridgehead atoms. The first kappa shape index (κ1) is 15.2. The molecule has 23 heavy (non-hydrogen) atoms. The Labute approximate surface area is 134 Å². The monoisotopic (exact) mass is 309 g/mol. The lowest BCUT2D eigenvalue weighted by molar-refractivity contribution is 0.0953. The average molecular weight is 309 g/mol. The fourth-order valence-electron chi connectivity index (χ4n) is 2.48. The van der Waals surface area contributed by atoms with E-state index in [-0.39, 0.29) is 5.91 Å². The molecule has 0 fully saturated rings. The summed E-state index contributed by atoms with van der Waals surface area (Å²) in [5.41, 5.74) is 3.51. The number of rotatable bonds is 6. The first-order valence-electron chi connectivity index (χ1n) is 7.55. The van der Waals surface area contributed by atoms with Crippen molar-refractivity contribution in [1.82, 2.24) is 14.7 Å². The Morgan fingerprint density at radius 3 is 3.00 bits per heavy atom. The lowest BCUT2D eigenvalue weighted by Crippen LogP contribution is -2.25. The zero-order valence-corrected chi connectivity index (χ0v) is 13.0. The average Bonchev–Trinajstić information content (AvgIpc) is 2.98. The van der Waals surface area contributed by atoms with Gasteiger partial charge in [-0.05, 0) is 29.8 Å².